The second-order valence-electron chi connectivity index (χ2n) is 5.82. The van der Waals surface area contributed by atoms with E-state index < -0.39 is 0 Å². The fourth-order valence-electron chi connectivity index (χ4n) is 2.52. The number of aromatic nitrogens is 3. The molecule has 0 amide bonds. The molecule has 5 nitrogen and oxygen atoms in total. The van der Waals surface area contributed by atoms with Gasteiger partial charge >= 0.3 is 0 Å². The highest BCUT2D eigenvalue weighted by molar-refractivity contribution is 5.65. The van der Waals surface area contributed by atoms with Crippen LogP contribution in [-0.4, -0.2) is 28.8 Å². The second-order valence-corrected chi connectivity index (χ2v) is 5.82. The Kier molecular flexibility index (Phi) is 5.31. The Labute approximate surface area is 132 Å². The van der Waals surface area contributed by atoms with E-state index in [0.29, 0.717) is 5.95 Å². The molecule has 0 aliphatic rings. The Balaban J connectivity index is 2.21. The van der Waals surface area contributed by atoms with Crippen molar-refractivity contribution < 1.29 is 0 Å². The smallest absolute Gasteiger partial charge is 0.247 e. The molecule has 0 aliphatic carbocycles. The first-order valence-corrected chi connectivity index (χ1v) is 7.77. The van der Waals surface area contributed by atoms with E-state index in [1.165, 1.54) is 16.7 Å². The van der Waals surface area contributed by atoms with E-state index >= 15 is 0 Å². The first-order valence-electron chi connectivity index (χ1n) is 7.77. The van der Waals surface area contributed by atoms with Gasteiger partial charge in [0.05, 0.1) is 6.20 Å². The molecule has 0 saturated heterocycles. The van der Waals surface area contributed by atoms with Crippen molar-refractivity contribution >= 4 is 17.5 Å². The number of nitrogens with one attached hydrogen (secondary N) is 1. The SMILES string of the molecule is CCCCN(C)c1nncc(Nc2c(C)cc(C)cc2C)n1. The first-order chi connectivity index (χ1) is 10.5. The van der Waals surface area contributed by atoms with Crippen molar-refractivity contribution in [1.82, 2.24) is 15.2 Å². The van der Waals surface area contributed by atoms with Gasteiger partial charge in [-0.3, -0.25) is 0 Å². The molecule has 118 valence electrons. The van der Waals surface area contributed by atoms with Crippen molar-refractivity contribution in [2.75, 3.05) is 23.8 Å². The number of rotatable bonds is 6. The molecule has 0 saturated carbocycles. The number of anilines is 3. The normalized spacial score (nSPS) is 10.6. The summed E-state index contributed by atoms with van der Waals surface area (Å²) in [5.74, 6) is 1.38. The van der Waals surface area contributed by atoms with Crippen molar-refractivity contribution in [3.63, 3.8) is 0 Å². The molecule has 1 aromatic heterocycles. The molecule has 0 fully saturated rings. The summed E-state index contributed by atoms with van der Waals surface area (Å²) in [4.78, 5) is 6.60. The van der Waals surface area contributed by atoms with Gasteiger partial charge in [-0.15, -0.1) is 5.10 Å². The third kappa shape index (κ3) is 3.93. The third-order valence-corrected chi connectivity index (χ3v) is 3.67. The molecule has 0 aliphatic heterocycles. The topological polar surface area (TPSA) is 53.9 Å². The molecular weight excluding hydrogens is 274 g/mol. The predicted molar refractivity (Wildman–Crippen MR) is 91.9 cm³/mol. The summed E-state index contributed by atoms with van der Waals surface area (Å²) >= 11 is 0. The Morgan fingerprint density at radius 2 is 1.82 bits per heavy atom. The summed E-state index contributed by atoms with van der Waals surface area (Å²) in [6, 6.07) is 4.33. The number of unbranched alkanes of at least 4 members (excludes halogenated alkanes) is 1. The van der Waals surface area contributed by atoms with Gasteiger partial charge in [0.1, 0.15) is 0 Å². The van der Waals surface area contributed by atoms with Crippen LogP contribution in [0.4, 0.5) is 17.5 Å². The lowest BCUT2D eigenvalue weighted by Crippen LogP contribution is -2.21. The van der Waals surface area contributed by atoms with Crippen molar-refractivity contribution in [2.24, 2.45) is 0 Å². The molecule has 0 unspecified atom stereocenters. The molecule has 1 N–H and O–H groups in total. The molecule has 0 spiro atoms. The average molecular weight is 299 g/mol. The summed E-state index contributed by atoms with van der Waals surface area (Å²) in [5, 5.41) is 11.6. The van der Waals surface area contributed by atoms with Gasteiger partial charge in [-0.1, -0.05) is 31.0 Å². The van der Waals surface area contributed by atoms with Gasteiger partial charge in [0.25, 0.3) is 0 Å². The van der Waals surface area contributed by atoms with E-state index in [1.807, 2.05) is 11.9 Å². The molecule has 0 radical (unpaired) electrons. The highest BCUT2D eigenvalue weighted by atomic mass is 15.3. The zero-order chi connectivity index (χ0) is 16.1. The maximum absolute atomic E-state index is 4.57. The molecule has 22 heavy (non-hydrogen) atoms. The largest absolute Gasteiger partial charge is 0.343 e. The van der Waals surface area contributed by atoms with E-state index in [2.05, 4.69) is 60.3 Å². The highest BCUT2D eigenvalue weighted by Gasteiger charge is 2.09. The standard InChI is InChI=1S/C17H25N5/c1-6-7-8-22(5)17-20-15(11-18-21-17)19-16-13(3)9-12(2)10-14(16)4/h9-11H,6-8H2,1-5H3,(H,19,20,21). The Morgan fingerprint density at radius 1 is 1.14 bits per heavy atom. The van der Waals surface area contributed by atoms with Crippen LogP contribution in [0.25, 0.3) is 0 Å². The Morgan fingerprint density at radius 3 is 2.45 bits per heavy atom. The van der Waals surface area contributed by atoms with Crippen LogP contribution in [0, 0.1) is 20.8 Å². The van der Waals surface area contributed by atoms with Crippen LogP contribution in [0.1, 0.15) is 36.5 Å². The minimum atomic E-state index is 0.654. The fourth-order valence-corrected chi connectivity index (χ4v) is 2.52. The third-order valence-electron chi connectivity index (χ3n) is 3.67. The lowest BCUT2D eigenvalue weighted by atomic mass is 10.1. The summed E-state index contributed by atoms with van der Waals surface area (Å²) in [5.41, 5.74) is 4.77. The van der Waals surface area contributed by atoms with Gasteiger partial charge in [0, 0.05) is 19.3 Å². The van der Waals surface area contributed by atoms with E-state index in [0.717, 1.165) is 30.9 Å². The summed E-state index contributed by atoms with van der Waals surface area (Å²) in [6.07, 6.45) is 3.93. The van der Waals surface area contributed by atoms with E-state index in [9.17, 15) is 0 Å². The fraction of sp³-hybridized carbons (Fsp3) is 0.471. The van der Waals surface area contributed by atoms with Crippen molar-refractivity contribution in [2.45, 2.75) is 40.5 Å². The molecule has 5 heteroatoms. The molecule has 0 atom stereocenters. The number of hydrogen-bond donors (Lipinski definition) is 1. The van der Waals surface area contributed by atoms with E-state index in [4.69, 9.17) is 0 Å². The van der Waals surface area contributed by atoms with Crippen molar-refractivity contribution in [3.8, 4) is 0 Å². The van der Waals surface area contributed by atoms with Gasteiger partial charge in [-0.25, -0.2) is 0 Å². The van der Waals surface area contributed by atoms with Crippen molar-refractivity contribution in [3.05, 3.63) is 35.0 Å². The second kappa shape index (κ2) is 7.20. The summed E-state index contributed by atoms with van der Waals surface area (Å²) in [7, 11) is 2.00. The number of benzene rings is 1. The Hall–Kier alpha value is -2.17. The number of hydrogen-bond acceptors (Lipinski definition) is 5. The summed E-state index contributed by atoms with van der Waals surface area (Å²) in [6.45, 7) is 9.42. The van der Waals surface area contributed by atoms with Gasteiger partial charge < -0.3 is 10.2 Å². The minimum Gasteiger partial charge on any atom is -0.343 e. The molecule has 1 heterocycles. The molecular formula is C17H25N5. The molecule has 2 aromatic rings. The van der Waals surface area contributed by atoms with Crippen LogP contribution in [0.15, 0.2) is 18.3 Å². The monoisotopic (exact) mass is 299 g/mol. The van der Waals surface area contributed by atoms with Gasteiger partial charge in [0.2, 0.25) is 5.95 Å². The summed E-state index contributed by atoms with van der Waals surface area (Å²) < 4.78 is 0. The van der Waals surface area contributed by atoms with Crippen LogP contribution in [-0.2, 0) is 0 Å². The van der Waals surface area contributed by atoms with Crippen molar-refractivity contribution in [1.29, 1.82) is 0 Å². The zero-order valence-corrected chi connectivity index (χ0v) is 14.1. The maximum Gasteiger partial charge on any atom is 0.247 e. The van der Waals surface area contributed by atoms with E-state index in [1.54, 1.807) is 6.20 Å². The van der Waals surface area contributed by atoms with Gasteiger partial charge in [0.15, 0.2) is 5.82 Å². The zero-order valence-electron chi connectivity index (χ0n) is 14.1. The number of nitrogens with zero attached hydrogens (tertiary/aromatic N) is 4. The molecule has 0 bridgehead atoms. The highest BCUT2D eigenvalue weighted by Crippen LogP contribution is 2.25. The first kappa shape index (κ1) is 16.2. The Bertz CT molecular complexity index is 616. The van der Waals surface area contributed by atoms with Crippen LogP contribution in [0.3, 0.4) is 0 Å². The van der Waals surface area contributed by atoms with Crippen LogP contribution < -0.4 is 10.2 Å². The maximum atomic E-state index is 4.57. The van der Waals surface area contributed by atoms with Crippen LogP contribution in [0.5, 0.6) is 0 Å². The van der Waals surface area contributed by atoms with Gasteiger partial charge in [-0.2, -0.15) is 10.1 Å². The lowest BCUT2D eigenvalue weighted by Gasteiger charge is -2.17. The van der Waals surface area contributed by atoms with E-state index in [-0.39, 0.29) is 0 Å². The van der Waals surface area contributed by atoms with Crippen LogP contribution in [0.2, 0.25) is 0 Å². The molecule has 1 aromatic carbocycles. The predicted octanol–water partition coefficient (Wildman–Crippen LogP) is 3.78. The van der Waals surface area contributed by atoms with Gasteiger partial charge in [-0.05, 0) is 38.3 Å². The average Bonchev–Trinajstić information content (AvgIpc) is 2.48. The lowest BCUT2D eigenvalue weighted by molar-refractivity contribution is 0.741. The minimum absolute atomic E-state index is 0.654. The quantitative estimate of drug-likeness (QED) is 0.879. The molecule has 2 rings (SSSR count). The van der Waals surface area contributed by atoms with Crippen LogP contribution >= 0.6 is 0 Å². The number of aryl methyl sites for hydroxylation is 3.